The summed E-state index contributed by atoms with van der Waals surface area (Å²) < 4.78 is 3.04. The number of anilines is 1. The summed E-state index contributed by atoms with van der Waals surface area (Å²) in [6.07, 6.45) is 0. The Morgan fingerprint density at radius 1 is 1.14 bits per heavy atom. The third kappa shape index (κ3) is 2.68. The third-order valence-corrected chi connectivity index (χ3v) is 5.21. The van der Waals surface area contributed by atoms with Crippen molar-refractivity contribution in [3.05, 3.63) is 69.6 Å². The summed E-state index contributed by atoms with van der Waals surface area (Å²) in [5.74, 6) is -0.276. The molecule has 2 heterocycles. The van der Waals surface area contributed by atoms with E-state index in [0.29, 0.717) is 28.2 Å². The van der Waals surface area contributed by atoms with Crippen molar-refractivity contribution in [3.63, 3.8) is 0 Å². The number of benzene rings is 2. The minimum absolute atomic E-state index is 0.240. The Morgan fingerprint density at radius 3 is 2.61 bits per heavy atom. The van der Waals surface area contributed by atoms with E-state index in [9.17, 15) is 9.59 Å². The molecule has 0 aliphatic heterocycles. The molecule has 28 heavy (non-hydrogen) atoms. The first kappa shape index (κ1) is 18.3. The predicted molar refractivity (Wildman–Crippen MR) is 112 cm³/mol. The number of hydrogen-bond acceptors (Lipinski definition) is 3. The first-order chi connectivity index (χ1) is 13.4. The number of halogens is 1. The van der Waals surface area contributed by atoms with Crippen LogP contribution in [-0.2, 0) is 14.1 Å². The van der Waals surface area contributed by atoms with Crippen molar-refractivity contribution < 1.29 is 4.79 Å². The van der Waals surface area contributed by atoms with E-state index < -0.39 is 0 Å². The molecule has 6 nitrogen and oxygen atoms in total. The molecule has 0 fully saturated rings. The van der Waals surface area contributed by atoms with Crippen LogP contribution in [0.15, 0.2) is 53.3 Å². The Bertz CT molecular complexity index is 1290. The topological polar surface area (TPSA) is 60.1 Å². The maximum atomic E-state index is 13.5. The van der Waals surface area contributed by atoms with E-state index in [-0.39, 0.29) is 17.2 Å². The van der Waals surface area contributed by atoms with Crippen molar-refractivity contribution in [2.75, 3.05) is 11.4 Å². The quantitative estimate of drug-likeness (QED) is 0.531. The Balaban J connectivity index is 2.03. The van der Waals surface area contributed by atoms with E-state index in [4.69, 9.17) is 11.6 Å². The van der Waals surface area contributed by atoms with E-state index in [1.807, 2.05) is 48.9 Å². The summed E-state index contributed by atoms with van der Waals surface area (Å²) in [6, 6.07) is 14.8. The molecule has 0 saturated carbocycles. The molecule has 0 radical (unpaired) electrons. The van der Waals surface area contributed by atoms with E-state index in [1.54, 1.807) is 30.1 Å². The number of nitrogens with zero attached hydrogens (tertiary/aromatic N) is 4. The summed E-state index contributed by atoms with van der Waals surface area (Å²) in [6.45, 7) is 2.33. The van der Waals surface area contributed by atoms with Crippen molar-refractivity contribution in [3.8, 4) is 0 Å². The Kier molecular flexibility index (Phi) is 4.43. The van der Waals surface area contributed by atoms with Crippen LogP contribution in [0.1, 0.15) is 17.4 Å². The van der Waals surface area contributed by atoms with Gasteiger partial charge in [-0.2, -0.15) is 5.10 Å². The first-order valence-electron chi connectivity index (χ1n) is 8.96. The molecule has 0 aliphatic rings. The second-order valence-electron chi connectivity index (χ2n) is 6.61. The lowest BCUT2D eigenvalue weighted by molar-refractivity contribution is 0.0983. The van der Waals surface area contributed by atoms with Crippen LogP contribution in [0.4, 0.5) is 5.69 Å². The molecule has 1 amide bonds. The standard InChI is InChI=1S/C21H19ClN4O2/c1-4-26(14-9-7-8-13(22)12-14)20(27)18-17-15-10-5-6-11-16(15)24(2)19(17)21(28)25(3)23-18/h5-12H,4H2,1-3H3. The highest BCUT2D eigenvalue weighted by molar-refractivity contribution is 6.31. The third-order valence-electron chi connectivity index (χ3n) is 4.97. The van der Waals surface area contributed by atoms with Gasteiger partial charge in [0.2, 0.25) is 0 Å². The number of amides is 1. The number of aryl methyl sites for hydroxylation is 2. The number of rotatable bonds is 3. The fraction of sp³-hybridized carbons (Fsp3) is 0.190. The molecular formula is C21H19ClN4O2. The fourth-order valence-corrected chi connectivity index (χ4v) is 3.83. The molecule has 0 N–H and O–H groups in total. The maximum absolute atomic E-state index is 13.5. The smallest absolute Gasteiger partial charge is 0.291 e. The lowest BCUT2D eigenvalue weighted by Gasteiger charge is -2.21. The van der Waals surface area contributed by atoms with Gasteiger partial charge in [-0.1, -0.05) is 35.9 Å². The van der Waals surface area contributed by atoms with Gasteiger partial charge in [0.05, 0.1) is 0 Å². The second-order valence-corrected chi connectivity index (χ2v) is 7.04. The molecule has 142 valence electrons. The summed E-state index contributed by atoms with van der Waals surface area (Å²) in [5.41, 5.74) is 2.03. The van der Waals surface area contributed by atoms with Crippen LogP contribution >= 0.6 is 11.6 Å². The van der Waals surface area contributed by atoms with Crippen LogP contribution < -0.4 is 10.5 Å². The van der Waals surface area contributed by atoms with Crippen molar-refractivity contribution in [1.82, 2.24) is 14.3 Å². The molecule has 4 rings (SSSR count). The molecule has 2 aromatic heterocycles. The Morgan fingerprint density at radius 2 is 1.89 bits per heavy atom. The molecule has 4 aromatic rings. The van der Waals surface area contributed by atoms with Crippen LogP contribution in [0.3, 0.4) is 0 Å². The van der Waals surface area contributed by atoms with Gasteiger partial charge in [-0.05, 0) is 31.2 Å². The first-order valence-corrected chi connectivity index (χ1v) is 9.33. The average molecular weight is 395 g/mol. The molecule has 0 atom stereocenters. The molecule has 7 heteroatoms. The van der Waals surface area contributed by atoms with Gasteiger partial charge >= 0.3 is 0 Å². The number of fused-ring (bicyclic) bond motifs is 3. The van der Waals surface area contributed by atoms with Crippen molar-refractivity contribution >= 4 is 45.0 Å². The number of aromatic nitrogens is 3. The minimum Gasteiger partial charge on any atom is -0.339 e. The highest BCUT2D eigenvalue weighted by Crippen LogP contribution is 2.29. The molecule has 2 aromatic carbocycles. The Labute approximate surface area is 166 Å². The largest absolute Gasteiger partial charge is 0.339 e. The monoisotopic (exact) mass is 394 g/mol. The van der Waals surface area contributed by atoms with Crippen LogP contribution in [0.2, 0.25) is 5.02 Å². The number of para-hydroxylation sites is 1. The van der Waals surface area contributed by atoms with Gasteiger partial charge in [0, 0.05) is 47.6 Å². The van der Waals surface area contributed by atoms with Gasteiger partial charge in [0.15, 0.2) is 5.69 Å². The van der Waals surface area contributed by atoms with E-state index >= 15 is 0 Å². The zero-order chi connectivity index (χ0) is 20.0. The molecule has 0 aliphatic carbocycles. The van der Waals surface area contributed by atoms with Crippen LogP contribution in [0, 0.1) is 0 Å². The second kappa shape index (κ2) is 6.80. The Hall–Kier alpha value is -3.12. The molecule has 0 saturated heterocycles. The van der Waals surface area contributed by atoms with Crippen LogP contribution in [-0.4, -0.2) is 26.8 Å². The lowest BCUT2D eigenvalue weighted by atomic mass is 10.1. The number of carbonyl (C=O) groups is 1. The highest BCUT2D eigenvalue weighted by atomic mass is 35.5. The van der Waals surface area contributed by atoms with Gasteiger partial charge in [-0.15, -0.1) is 0 Å². The van der Waals surface area contributed by atoms with Gasteiger partial charge in [-0.3, -0.25) is 9.59 Å². The van der Waals surface area contributed by atoms with E-state index in [1.165, 1.54) is 4.68 Å². The van der Waals surface area contributed by atoms with Gasteiger partial charge < -0.3 is 9.47 Å². The van der Waals surface area contributed by atoms with Crippen molar-refractivity contribution in [2.45, 2.75) is 6.92 Å². The minimum atomic E-state index is -0.276. The highest BCUT2D eigenvalue weighted by Gasteiger charge is 2.25. The zero-order valence-corrected chi connectivity index (χ0v) is 16.6. The summed E-state index contributed by atoms with van der Waals surface area (Å²) in [5, 5.41) is 6.30. The van der Waals surface area contributed by atoms with Gasteiger partial charge in [0.25, 0.3) is 11.5 Å². The molecular weight excluding hydrogens is 376 g/mol. The van der Waals surface area contributed by atoms with Gasteiger partial charge in [-0.25, -0.2) is 4.68 Å². The lowest BCUT2D eigenvalue weighted by Crippen LogP contribution is -2.34. The average Bonchev–Trinajstić information content (AvgIpc) is 2.99. The van der Waals surface area contributed by atoms with Crippen LogP contribution in [0.5, 0.6) is 0 Å². The van der Waals surface area contributed by atoms with Crippen LogP contribution in [0.25, 0.3) is 21.8 Å². The molecule has 0 spiro atoms. The summed E-state index contributed by atoms with van der Waals surface area (Å²) in [4.78, 5) is 27.9. The maximum Gasteiger partial charge on any atom is 0.291 e. The zero-order valence-electron chi connectivity index (χ0n) is 15.8. The number of hydrogen-bond donors (Lipinski definition) is 0. The predicted octanol–water partition coefficient (Wildman–Crippen LogP) is 3.75. The van der Waals surface area contributed by atoms with Gasteiger partial charge in [0.1, 0.15) is 5.52 Å². The van der Waals surface area contributed by atoms with Crippen molar-refractivity contribution in [2.24, 2.45) is 14.1 Å². The summed E-state index contributed by atoms with van der Waals surface area (Å²) in [7, 11) is 3.39. The fourth-order valence-electron chi connectivity index (χ4n) is 3.65. The van der Waals surface area contributed by atoms with E-state index in [0.717, 1.165) is 10.9 Å². The molecule has 0 bridgehead atoms. The normalized spacial score (nSPS) is 11.3. The molecule has 0 unspecified atom stereocenters. The number of carbonyl (C=O) groups excluding carboxylic acids is 1. The SMILES string of the molecule is CCN(C(=O)c1nn(C)c(=O)c2c1c1ccccc1n2C)c1cccc(Cl)c1. The summed E-state index contributed by atoms with van der Waals surface area (Å²) >= 11 is 6.12. The van der Waals surface area contributed by atoms with E-state index in [2.05, 4.69) is 5.10 Å². The van der Waals surface area contributed by atoms with Crippen molar-refractivity contribution in [1.29, 1.82) is 0 Å².